The Labute approximate surface area is 174 Å². The Bertz CT molecular complexity index is 867. The van der Waals surface area contributed by atoms with Crippen LogP contribution in [0.5, 0.6) is 5.88 Å². The Morgan fingerprint density at radius 1 is 1.20 bits per heavy atom. The number of aromatic nitrogens is 2. The van der Waals surface area contributed by atoms with Crippen molar-refractivity contribution in [3.05, 3.63) is 47.8 Å². The number of ether oxygens (including phenoxy) is 1. The second kappa shape index (κ2) is 10.1. The van der Waals surface area contributed by atoms with E-state index in [1.54, 1.807) is 26.0 Å². The lowest BCUT2D eigenvalue weighted by Crippen LogP contribution is -2.28. The van der Waals surface area contributed by atoms with E-state index in [4.69, 9.17) is 4.74 Å². The standard InChI is InChI=1S/C21H26F2N4O3/c1-5-16(15-6-7-18(25-11-15)30-12-21(4,22)23)26-20(29)14-8-9-24-17(10-14)27-19(28)13(2)3/h6-11,13,16H,5,12H2,1-4H3,(H,26,29)(H,24,27,28). The van der Waals surface area contributed by atoms with Gasteiger partial charge in [0.1, 0.15) is 5.82 Å². The Morgan fingerprint density at radius 3 is 2.50 bits per heavy atom. The van der Waals surface area contributed by atoms with Gasteiger partial charge in [0.25, 0.3) is 11.8 Å². The van der Waals surface area contributed by atoms with Gasteiger partial charge < -0.3 is 15.4 Å². The number of hydrogen-bond donors (Lipinski definition) is 2. The molecule has 1 atom stereocenters. The fraction of sp³-hybridized carbons (Fsp3) is 0.429. The maximum atomic E-state index is 12.9. The molecule has 2 heterocycles. The van der Waals surface area contributed by atoms with Crippen LogP contribution in [0.3, 0.4) is 0 Å². The molecule has 2 aromatic heterocycles. The minimum atomic E-state index is -2.95. The number of nitrogens with one attached hydrogen (secondary N) is 2. The minimum absolute atomic E-state index is 0.0844. The van der Waals surface area contributed by atoms with Gasteiger partial charge in [-0.05, 0) is 24.1 Å². The van der Waals surface area contributed by atoms with Crippen molar-refractivity contribution in [1.29, 1.82) is 0 Å². The van der Waals surface area contributed by atoms with Crippen molar-refractivity contribution in [3.8, 4) is 5.88 Å². The maximum Gasteiger partial charge on any atom is 0.278 e. The first-order valence-corrected chi connectivity index (χ1v) is 9.63. The number of alkyl halides is 2. The van der Waals surface area contributed by atoms with Gasteiger partial charge in [0, 0.05) is 36.9 Å². The number of pyridine rings is 2. The lowest BCUT2D eigenvalue weighted by molar-refractivity contribution is -0.118. The molecule has 0 bridgehead atoms. The quantitative estimate of drug-likeness (QED) is 0.640. The summed E-state index contributed by atoms with van der Waals surface area (Å²) in [7, 11) is 0. The van der Waals surface area contributed by atoms with Gasteiger partial charge in [0.05, 0.1) is 6.04 Å². The van der Waals surface area contributed by atoms with Gasteiger partial charge in [-0.25, -0.2) is 18.7 Å². The number of nitrogens with zero attached hydrogens (tertiary/aromatic N) is 2. The molecule has 0 spiro atoms. The normalized spacial score (nSPS) is 12.4. The molecular formula is C21H26F2N4O3. The molecule has 162 valence electrons. The van der Waals surface area contributed by atoms with E-state index in [-0.39, 0.29) is 29.7 Å². The molecule has 0 saturated heterocycles. The second-order valence-corrected chi connectivity index (χ2v) is 7.30. The van der Waals surface area contributed by atoms with E-state index < -0.39 is 12.5 Å². The monoisotopic (exact) mass is 420 g/mol. The molecule has 0 aromatic carbocycles. The number of amides is 2. The van der Waals surface area contributed by atoms with Crippen LogP contribution in [0.25, 0.3) is 0 Å². The Hall–Kier alpha value is -3.10. The molecule has 2 N–H and O–H groups in total. The molecule has 0 aliphatic rings. The number of carbonyl (C=O) groups is 2. The number of rotatable bonds is 9. The summed E-state index contributed by atoms with van der Waals surface area (Å²) in [6.45, 7) is 5.42. The lowest BCUT2D eigenvalue weighted by atomic mass is 10.1. The summed E-state index contributed by atoms with van der Waals surface area (Å²) in [6, 6.07) is 5.87. The SMILES string of the molecule is CCC(NC(=O)c1ccnc(NC(=O)C(C)C)c1)c1ccc(OCC(C)(F)F)nc1. The predicted molar refractivity (Wildman–Crippen MR) is 109 cm³/mol. The summed E-state index contributed by atoms with van der Waals surface area (Å²) in [6.07, 6.45) is 3.52. The average Bonchev–Trinajstić information content (AvgIpc) is 2.70. The highest BCUT2D eigenvalue weighted by atomic mass is 19.3. The highest BCUT2D eigenvalue weighted by Crippen LogP contribution is 2.20. The molecule has 2 amide bonds. The molecule has 0 fully saturated rings. The zero-order valence-electron chi connectivity index (χ0n) is 17.4. The van der Waals surface area contributed by atoms with Crippen molar-refractivity contribution in [3.63, 3.8) is 0 Å². The van der Waals surface area contributed by atoms with Crippen LogP contribution in [0.1, 0.15) is 56.1 Å². The van der Waals surface area contributed by atoms with E-state index in [9.17, 15) is 18.4 Å². The van der Waals surface area contributed by atoms with Gasteiger partial charge in [-0.3, -0.25) is 9.59 Å². The fourth-order valence-electron chi connectivity index (χ4n) is 2.46. The number of anilines is 1. The van der Waals surface area contributed by atoms with Crippen LogP contribution in [-0.4, -0.2) is 34.3 Å². The Morgan fingerprint density at radius 2 is 1.93 bits per heavy atom. The highest BCUT2D eigenvalue weighted by Gasteiger charge is 2.22. The number of hydrogen-bond acceptors (Lipinski definition) is 5. The van der Waals surface area contributed by atoms with Crippen LogP contribution in [0, 0.1) is 5.92 Å². The minimum Gasteiger partial charge on any atom is -0.471 e. The van der Waals surface area contributed by atoms with Crippen molar-refractivity contribution < 1.29 is 23.1 Å². The summed E-state index contributed by atoms with van der Waals surface area (Å²) >= 11 is 0. The maximum absolute atomic E-state index is 12.9. The summed E-state index contributed by atoms with van der Waals surface area (Å²) in [5.41, 5.74) is 1.06. The van der Waals surface area contributed by atoms with E-state index >= 15 is 0 Å². The topological polar surface area (TPSA) is 93.2 Å². The zero-order chi connectivity index (χ0) is 22.3. The smallest absolute Gasteiger partial charge is 0.278 e. The van der Waals surface area contributed by atoms with Crippen LogP contribution in [0.2, 0.25) is 0 Å². The number of carbonyl (C=O) groups excluding carboxylic acids is 2. The first kappa shape index (κ1) is 23.2. The summed E-state index contributed by atoms with van der Waals surface area (Å²) < 4.78 is 30.7. The van der Waals surface area contributed by atoms with Gasteiger partial charge in [0.2, 0.25) is 11.8 Å². The Kier molecular flexibility index (Phi) is 7.79. The highest BCUT2D eigenvalue weighted by molar-refractivity contribution is 5.97. The summed E-state index contributed by atoms with van der Waals surface area (Å²) in [5.74, 6) is -3.31. The molecule has 9 heteroatoms. The molecule has 1 unspecified atom stereocenters. The molecule has 0 saturated carbocycles. The molecule has 30 heavy (non-hydrogen) atoms. The van der Waals surface area contributed by atoms with E-state index in [2.05, 4.69) is 20.6 Å². The van der Waals surface area contributed by atoms with E-state index in [0.717, 1.165) is 6.92 Å². The van der Waals surface area contributed by atoms with Crippen molar-refractivity contribution in [2.45, 2.75) is 46.1 Å². The molecule has 0 aliphatic carbocycles. The molecule has 0 aliphatic heterocycles. The predicted octanol–water partition coefficient (Wildman–Crippen LogP) is 3.99. The summed E-state index contributed by atoms with van der Waals surface area (Å²) in [4.78, 5) is 32.6. The number of halogens is 2. The average molecular weight is 420 g/mol. The van der Waals surface area contributed by atoms with Crippen LogP contribution in [0.15, 0.2) is 36.7 Å². The van der Waals surface area contributed by atoms with Gasteiger partial charge in [-0.1, -0.05) is 26.8 Å². The fourth-order valence-corrected chi connectivity index (χ4v) is 2.46. The first-order valence-electron chi connectivity index (χ1n) is 9.63. The molecule has 2 aromatic rings. The zero-order valence-corrected chi connectivity index (χ0v) is 17.4. The van der Waals surface area contributed by atoms with Crippen LogP contribution in [0.4, 0.5) is 14.6 Å². The second-order valence-electron chi connectivity index (χ2n) is 7.30. The third-order valence-corrected chi connectivity index (χ3v) is 4.15. The largest absolute Gasteiger partial charge is 0.471 e. The van der Waals surface area contributed by atoms with E-state index in [1.807, 2.05) is 6.92 Å². The molecule has 0 radical (unpaired) electrons. The third kappa shape index (κ3) is 7.06. The van der Waals surface area contributed by atoms with Gasteiger partial charge in [-0.2, -0.15) is 0 Å². The van der Waals surface area contributed by atoms with Crippen molar-refractivity contribution in [1.82, 2.24) is 15.3 Å². The van der Waals surface area contributed by atoms with Crippen molar-refractivity contribution in [2.75, 3.05) is 11.9 Å². The molecule has 7 nitrogen and oxygen atoms in total. The van der Waals surface area contributed by atoms with Gasteiger partial charge in [-0.15, -0.1) is 0 Å². The Balaban J connectivity index is 2.05. The third-order valence-electron chi connectivity index (χ3n) is 4.15. The van der Waals surface area contributed by atoms with Crippen LogP contribution in [-0.2, 0) is 4.79 Å². The lowest BCUT2D eigenvalue weighted by Gasteiger charge is -2.18. The molecular weight excluding hydrogens is 394 g/mol. The molecule has 2 rings (SSSR count). The van der Waals surface area contributed by atoms with Gasteiger partial charge >= 0.3 is 0 Å². The van der Waals surface area contributed by atoms with E-state index in [1.165, 1.54) is 24.5 Å². The van der Waals surface area contributed by atoms with Crippen molar-refractivity contribution in [2.24, 2.45) is 5.92 Å². The first-order chi connectivity index (χ1) is 14.1. The van der Waals surface area contributed by atoms with Crippen molar-refractivity contribution >= 4 is 17.6 Å². The van der Waals surface area contributed by atoms with Crippen LogP contribution < -0.4 is 15.4 Å². The van der Waals surface area contributed by atoms with Gasteiger partial charge in [0.15, 0.2) is 6.61 Å². The van der Waals surface area contributed by atoms with E-state index in [0.29, 0.717) is 23.4 Å². The van der Waals surface area contributed by atoms with Crippen LogP contribution >= 0.6 is 0 Å². The summed E-state index contributed by atoms with van der Waals surface area (Å²) in [5, 5.41) is 5.56.